The SMILES string of the molecule is Cn1cc(CCNC(=O)Nc2ccc3c(c2)OC(C)(C)O3)cn1. The van der Waals surface area contributed by atoms with E-state index in [0.29, 0.717) is 23.7 Å². The third-order valence-electron chi connectivity index (χ3n) is 3.37. The van der Waals surface area contributed by atoms with Crippen LogP contribution >= 0.6 is 0 Å². The van der Waals surface area contributed by atoms with E-state index in [1.807, 2.05) is 27.1 Å². The highest BCUT2D eigenvalue weighted by Crippen LogP contribution is 2.40. The second-order valence-corrected chi connectivity index (χ2v) is 5.92. The van der Waals surface area contributed by atoms with Gasteiger partial charge < -0.3 is 20.1 Å². The van der Waals surface area contributed by atoms with E-state index >= 15 is 0 Å². The Morgan fingerprint density at radius 2 is 2.09 bits per heavy atom. The molecule has 0 bridgehead atoms. The van der Waals surface area contributed by atoms with Crippen molar-refractivity contribution >= 4 is 11.7 Å². The minimum absolute atomic E-state index is 0.257. The van der Waals surface area contributed by atoms with E-state index in [2.05, 4.69) is 15.7 Å². The van der Waals surface area contributed by atoms with Crippen molar-refractivity contribution in [1.82, 2.24) is 15.1 Å². The van der Waals surface area contributed by atoms with E-state index in [1.165, 1.54) is 0 Å². The Labute approximate surface area is 134 Å². The molecule has 0 fully saturated rings. The summed E-state index contributed by atoms with van der Waals surface area (Å²) in [5, 5.41) is 9.69. The number of aryl methyl sites for hydroxylation is 1. The summed E-state index contributed by atoms with van der Waals surface area (Å²) in [4.78, 5) is 11.9. The molecule has 0 saturated carbocycles. The van der Waals surface area contributed by atoms with Gasteiger partial charge in [-0.15, -0.1) is 0 Å². The highest BCUT2D eigenvalue weighted by Gasteiger charge is 2.31. The maximum atomic E-state index is 11.9. The first-order valence-electron chi connectivity index (χ1n) is 7.46. The Morgan fingerprint density at radius 3 is 2.83 bits per heavy atom. The van der Waals surface area contributed by atoms with Gasteiger partial charge in [-0.2, -0.15) is 5.10 Å². The van der Waals surface area contributed by atoms with E-state index in [9.17, 15) is 4.79 Å². The maximum Gasteiger partial charge on any atom is 0.319 e. The summed E-state index contributed by atoms with van der Waals surface area (Å²) in [6.45, 7) is 4.21. The molecule has 0 unspecified atom stereocenters. The van der Waals surface area contributed by atoms with Crippen LogP contribution in [-0.2, 0) is 13.5 Å². The van der Waals surface area contributed by atoms with Crippen molar-refractivity contribution < 1.29 is 14.3 Å². The Hall–Kier alpha value is -2.70. The topological polar surface area (TPSA) is 77.4 Å². The van der Waals surface area contributed by atoms with Gasteiger partial charge in [-0.1, -0.05) is 0 Å². The van der Waals surface area contributed by atoms with Gasteiger partial charge in [0.2, 0.25) is 5.79 Å². The van der Waals surface area contributed by atoms with Crippen molar-refractivity contribution in [2.75, 3.05) is 11.9 Å². The van der Waals surface area contributed by atoms with Crippen molar-refractivity contribution in [3.63, 3.8) is 0 Å². The van der Waals surface area contributed by atoms with E-state index in [-0.39, 0.29) is 6.03 Å². The number of carbonyl (C=O) groups excluding carboxylic acids is 1. The lowest BCUT2D eigenvalue weighted by Crippen LogP contribution is -2.30. The molecule has 0 spiro atoms. The number of benzene rings is 1. The van der Waals surface area contributed by atoms with Gasteiger partial charge in [-0.25, -0.2) is 4.79 Å². The van der Waals surface area contributed by atoms with Crippen molar-refractivity contribution in [2.45, 2.75) is 26.1 Å². The number of fused-ring (bicyclic) bond motifs is 1. The lowest BCUT2D eigenvalue weighted by molar-refractivity contribution is -0.0431. The van der Waals surface area contributed by atoms with E-state index in [0.717, 1.165) is 12.0 Å². The second-order valence-electron chi connectivity index (χ2n) is 5.92. The van der Waals surface area contributed by atoms with Crippen LogP contribution in [-0.4, -0.2) is 28.1 Å². The quantitative estimate of drug-likeness (QED) is 0.907. The Bertz CT molecular complexity index is 724. The van der Waals surface area contributed by atoms with Crippen LogP contribution in [0.4, 0.5) is 10.5 Å². The van der Waals surface area contributed by atoms with Gasteiger partial charge in [0.25, 0.3) is 0 Å². The van der Waals surface area contributed by atoms with Crippen molar-refractivity contribution in [1.29, 1.82) is 0 Å². The molecule has 1 aromatic heterocycles. The van der Waals surface area contributed by atoms with Crippen LogP contribution in [0.5, 0.6) is 11.5 Å². The van der Waals surface area contributed by atoms with Crippen LogP contribution in [0.1, 0.15) is 19.4 Å². The number of urea groups is 1. The maximum absolute atomic E-state index is 11.9. The largest absolute Gasteiger partial charge is 0.449 e. The van der Waals surface area contributed by atoms with Crippen molar-refractivity contribution in [2.24, 2.45) is 7.05 Å². The zero-order valence-corrected chi connectivity index (χ0v) is 13.4. The summed E-state index contributed by atoms with van der Waals surface area (Å²) in [6.07, 6.45) is 4.45. The van der Waals surface area contributed by atoms with Crippen LogP contribution in [0.25, 0.3) is 0 Å². The number of rotatable bonds is 4. The Morgan fingerprint density at radius 1 is 1.30 bits per heavy atom. The highest BCUT2D eigenvalue weighted by molar-refractivity contribution is 5.89. The number of nitrogens with zero attached hydrogens (tertiary/aromatic N) is 2. The number of nitrogens with one attached hydrogen (secondary N) is 2. The van der Waals surface area contributed by atoms with Gasteiger partial charge in [0, 0.05) is 45.4 Å². The molecule has 1 aromatic carbocycles. The molecule has 7 heteroatoms. The van der Waals surface area contributed by atoms with E-state index in [4.69, 9.17) is 9.47 Å². The summed E-state index contributed by atoms with van der Waals surface area (Å²) in [5.41, 5.74) is 1.74. The summed E-state index contributed by atoms with van der Waals surface area (Å²) in [7, 11) is 1.87. The summed E-state index contributed by atoms with van der Waals surface area (Å²) in [5.74, 6) is 0.633. The van der Waals surface area contributed by atoms with Crippen LogP contribution in [0, 0.1) is 0 Å². The van der Waals surface area contributed by atoms with Crippen LogP contribution in [0.15, 0.2) is 30.6 Å². The van der Waals surface area contributed by atoms with Gasteiger partial charge in [-0.05, 0) is 24.1 Å². The van der Waals surface area contributed by atoms with E-state index < -0.39 is 5.79 Å². The molecule has 23 heavy (non-hydrogen) atoms. The van der Waals surface area contributed by atoms with Crippen molar-refractivity contribution in [3.05, 3.63) is 36.2 Å². The molecule has 1 aliphatic rings. The van der Waals surface area contributed by atoms with Gasteiger partial charge >= 0.3 is 6.03 Å². The molecule has 122 valence electrons. The second kappa shape index (κ2) is 5.83. The number of carbonyl (C=O) groups is 1. The van der Waals surface area contributed by atoms with Crippen LogP contribution < -0.4 is 20.1 Å². The third kappa shape index (κ3) is 3.74. The molecule has 0 atom stereocenters. The highest BCUT2D eigenvalue weighted by atomic mass is 16.7. The Kier molecular flexibility index (Phi) is 3.85. The number of amides is 2. The number of ether oxygens (including phenoxy) is 2. The fourth-order valence-electron chi connectivity index (χ4n) is 2.40. The fraction of sp³-hybridized carbons (Fsp3) is 0.375. The minimum Gasteiger partial charge on any atom is -0.449 e. The van der Waals surface area contributed by atoms with Crippen LogP contribution in [0.3, 0.4) is 0 Å². The Balaban J connectivity index is 1.51. The predicted molar refractivity (Wildman–Crippen MR) is 85.7 cm³/mol. The molecule has 0 saturated heterocycles. The van der Waals surface area contributed by atoms with Gasteiger partial charge in [-0.3, -0.25) is 4.68 Å². The van der Waals surface area contributed by atoms with Gasteiger partial charge in [0.1, 0.15) is 0 Å². The summed E-state index contributed by atoms with van der Waals surface area (Å²) < 4.78 is 13.0. The number of hydrogen-bond donors (Lipinski definition) is 2. The number of hydrogen-bond acceptors (Lipinski definition) is 4. The molecular weight excluding hydrogens is 296 g/mol. The molecule has 2 N–H and O–H groups in total. The first-order valence-corrected chi connectivity index (χ1v) is 7.46. The molecule has 2 amide bonds. The lowest BCUT2D eigenvalue weighted by atomic mass is 10.2. The molecule has 7 nitrogen and oxygen atoms in total. The molecular formula is C16H20N4O3. The fourth-order valence-corrected chi connectivity index (χ4v) is 2.40. The lowest BCUT2D eigenvalue weighted by Gasteiger charge is -2.16. The van der Waals surface area contributed by atoms with Crippen LogP contribution in [0.2, 0.25) is 0 Å². The molecule has 3 rings (SSSR count). The summed E-state index contributed by atoms with van der Waals surface area (Å²) >= 11 is 0. The van der Waals surface area contributed by atoms with E-state index in [1.54, 1.807) is 29.1 Å². The number of aromatic nitrogens is 2. The first kappa shape index (κ1) is 15.2. The molecule has 2 aromatic rings. The molecule has 0 radical (unpaired) electrons. The zero-order valence-electron chi connectivity index (χ0n) is 13.4. The van der Waals surface area contributed by atoms with Gasteiger partial charge in [0.05, 0.1) is 6.20 Å². The average molecular weight is 316 g/mol. The van der Waals surface area contributed by atoms with Crippen molar-refractivity contribution in [3.8, 4) is 11.5 Å². The van der Waals surface area contributed by atoms with Gasteiger partial charge in [0.15, 0.2) is 11.5 Å². The first-order chi connectivity index (χ1) is 10.9. The molecule has 1 aliphatic heterocycles. The normalized spacial score (nSPS) is 14.6. The monoisotopic (exact) mass is 316 g/mol. The zero-order chi connectivity index (χ0) is 16.4. The minimum atomic E-state index is -0.674. The summed E-state index contributed by atoms with van der Waals surface area (Å²) in [6, 6.07) is 5.07. The number of anilines is 1. The smallest absolute Gasteiger partial charge is 0.319 e. The molecule has 2 heterocycles. The predicted octanol–water partition coefficient (Wildman–Crippen LogP) is 2.29. The third-order valence-corrected chi connectivity index (χ3v) is 3.37. The average Bonchev–Trinajstić information content (AvgIpc) is 2.99. The molecule has 0 aliphatic carbocycles. The standard InChI is InChI=1S/C16H20N4O3/c1-16(2)22-13-5-4-12(8-14(13)23-16)19-15(21)17-7-6-11-9-18-20(3)10-11/h4-5,8-10H,6-7H2,1-3H3,(H2,17,19,21).